The Morgan fingerprint density at radius 3 is 2.61 bits per heavy atom. The van der Waals surface area contributed by atoms with Gasteiger partial charge in [0.1, 0.15) is 0 Å². The lowest BCUT2D eigenvalue weighted by molar-refractivity contribution is -0.121. The molecule has 1 aromatic heterocycles. The second-order valence-corrected chi connectivity index (χ2v) is 7.51. The quantitative estimate of drug-likeness (QED) is 0.859. The Morgan fingerprint density at radius 1 is 1.22 bits per heavy atom. The molecule has 1 fully saturated rings. The zero-order valence-electron chi connectivity index (χ0n) is 12.4. The number of hydrogen-bond donors (Lipinski definition) is 2. The third kappa shape index (κ3) is 3.11. The zero-order chi connectivity index (χ0) is 16.5. The molecule has 2 aromatic rings. The Bertz CT molecular complexity index is 831. The van der Waals surface area contributed by atoms with Gasteiger partial charge in [0.15, 0.2) is 4.75 Å². The first kappa shape index (κ1) is 15.6. The fourth-order valence-corrected chi connectivity index (χ4v) is 3.47. The monoisotopic (exact) mass is 331 g/mol. The van der Waals surface area contributed by atoms with Crippen molar-refractivity contribution >= 4 is 15.9 Å². The minimum absolute atomic E-state index is 0.247. The van der Waals surface area contributed by atoms with Crippen LogP contribution in [0.3, 0.4) is 0 Å². The molecule has 0 saturated heterocycles. The van der Waals surface area contributed by atoms with Crippen LogP contribution in [-0.4, -0.2) is 24.1 Å². The normalized spacial score (nSPS) is 15.9. The van der Waals surface area contributed by atoms with Crippen LogP contribution < -0.4 is 10.5 Å². The van der Waals surface area contributed by atoms with E-state index < -0.39 is 20.7 Å². The van der Waals surface area contributed by atoms with Crippen molar-refractivity contribution in [3.05, 3.63) is 54.2 Å². The van der Waals surface area contributed by atoms with E-state index in [0.717, 1.165) is 16.8 Å². The van der Waals surface area contributed by atoms with E-state index in [1.807, 2.05) is 42.5 Å². The van der Waals surface area contributed by atoms with Crippen LogP contribution in [0.5, 0.6) is 0 Å². The topological polar surface area (TPSA) is 102 Å². The predicted molar refractivity (Wildman–Crippen MR) is 86.6 cm³/mol. The number of nitrogens with one attached hydrogen (secondary N) is 1. The third-order valence-corrected chi connectivity index (χ3v) is 5.69. The SMILES string of the molecule is NS(=O)(=O)C1(C(=O)NCc2cccc(-c3ccccn3)c2)CC1. The van der Waals surface area contributed by atoms with Crippen LogP contribution in [0.2, 0.25) is 0 Å². The summed E-state index contributed by atoms with van der Waals surface area (Å²) in [5.41, 5.74) is 2.64. The van der Waals surface area contributed by atoms with Crippen molar-refractivity contribution < 1.29 is 13.2 Å². The average molecular weight is 331 g/mol. The van der Waals surface area contributed by atoms with Gasteiger partial charge >= 0.3 is 0 Å². The molecule has 120 valence electrons. The molecule has 6 nitrogen and oxygen atoms in total. The van der Waals surface area contributed by atoms with Crippen molar-refractivity contribution in [1.82, 2.24) is 10.3 Å². The predicted octanol–water partition coefficient (Wildman–Crippen LogP) is 1.19. The number of nitrogens with two attached hydrogens (primary N) is 1. The van der Waals surface area contributed by atoms with E-state index in [2.05, 4.69) is 10.3 Å². The molecular formula is C16H17N3O3S. The Morgan fingerprint density at radius 2 is 2.00 bits per heavy atom. The number of amides is 1. The lowest BCUT2D eigenvalue weighted by atomic mass is 10.1. The number of primary sulfonamides is 1. The van der Waals surface area contributed by atoms with Crippen LogP contribution in [0.1, 0.15) is 18.4 Å². The standard InChI is InChI=1S/C16H17N3O3S/c17-23(21,22)16(7-8-16)15(20)19-11-12-4-3-5-13(10-12)14-6-1-2-9-18-14/h1-6,9-10H,7-8,11H2,(H,19,20)(H2,17,21,22). The molecule has 0 atom stereocenters. The molecule has 23 heavy (non-hydrogen) atoms. The number of rotatable bonds is 5. The summed E-state index contributed by atoms with van der Waals surface area (Å²) in [5, 5.41) is 7.82. The van der Waals surface area contributed by atoms with Crippen molar-refractivity contribution in [2.75, 3.05) is 0 Å². The molecule has 3 N–H and O–H groups in total. The van der Waals surface area contributed by atoms with Crippen LogP contribution in [0.15, 0.2) is 48.7 Å². The van der Waals surface area contributed by atoms with E-state index in [9.17, 15) is 13.2 Å². The summed E-state index contributed by atoms with van der Waals surface area (Å²) in [5.74, 6) is -0.525. The summed E-state index contributed by atoms with van der Waals surface area (Å²) in [6, 6.07) is 13.2. The first-order valence-electron chi connectivity index (χ1n) is 7.23. The van der Waals surface area contributed by atoms with E-state index in [1.54, 1.807) is 6.20 Å². The van der Waals surface area contributed by atoms with E-state index in [4.69, 9.17) is 5.14 Å². The van der Waals surface area contributed by atoms with Crippen molar-refractivity contribution in [2.45, 2.75) is 24.1 Å². The van der Waals surface area contributed by atoms with Gasteiger partial charge in [-0.3, -0.25) is 9.78 Å². The molecule has 1 aliphatic rings. The van der Waals surface area contributed by atoms with Crippen LogP contribution in [0.4, 0.5) is 0 Å². The Kier molecular flexibility index (Phi) is 3.91. The molecule has 1 aliphatic carbocycles. The highest BCUT2D eigenvalue weighted by Crippen LogP contribution is 2.42. The lowest BCUT2D eigenvalue weighted by Crippen LogP contribution is -2.44. The minimum atomic E-state index is -3.87. The van der Waals surface area contributed by atoms with Gasteiger partial charge in [-0.2, -0.15) is 0 Å². The number of pyridine rings is 1. The fraction of sp³-hybridized carbons (Fsp3) is 0.250. The zero-order valence-corrected chi connectivity index (χ0v) is 13.2. The molecule has 1 amide bonds. The molecule has 1 heterocycles. The van der Waals surface area contributed by atoms with Gasteiger partial charge in [0.05, 0.1) is 5.69 Å². The van der Waals surface area contributed by atoms with E-state index in [0.29, 0.717) is 0 Å². The highest BCUT2D eigenvalue weighted by atomic mass is 32.2. The Labute approximate surface area is 134 Å². The maximum atomic E-state index is 12.1. The van der Waals surface area contributed by atoms with Gasteiger partial charge in [0.25, 0.3) is 0 Å². The number of sulfonamides is 1. The molecule has 1 aromatic carbocycles. The maximum Gasteiger partial charge on any atom is 0.243 e. The summed E-state index contributed by atoms with van der Waals surface area (Å²) < 4.78 is 21.6. The second-order valence-electron chi connectivity index (χ2n) is 5.64. The summed E-state index contributed by atoms with van der Waals surface area (Å²) in [6.07, 6.45) is 2.28. The number of benzene rings is 1. The summed E-state index contributed by atoms with van der Waals surface area (Å²) in [6.45, 7) is 0.247. The fourth-order valence-electron chi connectivity index (χ4n) is 2.47. The maximum absolute atomic E-state index is 12.1. The van der Waals surface area contributed by atoms with Gasteiger partial charge in [-0.05, 0) is 36.6 Å². The number of carbonyl (C=O) groups excluding carboxylic acids is 1. The van der Waals surface area contributed by atoms with Crippen molar-refractivity contribution in [2.24, 2.45) is 5.14 Å². The van der Waals surface area contributed by atoms with Gasteiger partial charge in [-0.25, -0.2) is 13.6 Å². The third-order valence-electron chi connectivity index (χ3n) is 4.00. The van der Waals surface area contributed by atoms with Crippen molar-refractivity contribution in [3.8, 4) is 11.3 Å². The van der Waals surface area contributed by atoms with Gasteiger partial charge < -0.3 is 5.32 Å². The van der Waals surface area contributed by atoms with Crippen molar-refractivity contribution in [1.29, 1.82) is 0 Å². The number of aromatic nitrogens is 1. The van der Waals surface area contributed by atoms with Gasteiger partial charge in [-0.15, -0.1) is 0 Å². The van der Waals surface area contributed by atoms with Crippen molar-refractivity contribution in [3.63, 3.8) is 0 Å². The Balaban J connectivity index is 1.71. The number of nitrogens with zero attached hydrogens (tertiary/aromatic N) is 1. The summed E-state index contributed by atoms with van der Waals surface area (Å²) >= 11 is 0. The first-order chi connectivity index (χ1) is 10.9. The van der Waals surface area contributed by atoms with Crippen LogP contribution in [0, 0.1) is 0 Å². The van der Waals surface area contributed by atoms with Crippen LogP contribution in [-0.2, 0) is 21.4 Å². The molecule has 0 unspecified atom stereocenters. The highest BCUT2D eigenvalue weighted by Gasteiger charge is 2.59. The van der Waals surface area contributed by atoms with E-state index >= 15 is 0 Å². The van der Waals surface area contributed by atoms with Gasteiger partial charge in [0, 0.05) is 18.3 Å². The van der Waals surface area contributed by atoms with Crippen LogP contribution >= 0.6 is 0 Å². The molecule has 7 heteroatoms. The van der Waals surface area contributed by atoms with Gasteiger partial charge in [-0.1, -0.05) is 24.3 Å². The molecular weight excluding hydrogens is 314 g/mol. The molecule has 0 bridgehead atoms. The lowest BCUT2D eigenvalue weighted by Gasteiger charge is -2.13. The van der Waals surface area contributed by atoms with E-state index in [1.165, 1.54) is 0 Å². The smallest absolute Gasteiger partial charge is 0.243 e. The molecule has 1 saturated carbocycles. The molecule has 3 rings (SSSR count). The summed E-state index contributed by atoms with van der Waals surface area (Å²) in [7, 11) is -3.87. The van der Waals surface area contributed by atoms with Gasteiger partial charge in [0.2, 0.25) is 15.9 Å². The highest BCUT2D eigenvalue weighted by molar-refractivity contribution is 7.91. The first-order valence-corrected chi connectivity index (χ1v) is 8.78. The Hall–Kier alpha value is -2.25. The molecule has 0 spiro atoms. The number of hydrogen-bond acceptors (Lipinski definition) is 4. The average Bonchev–Trinajstić information content (AvgIpc) is 3.35. The molecule has 0 aliphatic heterocycles. The second kappa shape index (κ2) is 5.75. The van der Waals surface area contributed by atoms with Crippen LogP contribution in [0.25, 0.3) is 11.3 Å². The number of carbonyl (C=O) groups is 1. The molecule has 0 radical (unpaired) electrons. The van der Waals surface area contributed by atoms with E-state index in [-0.39, 0.29) is 19.4 Å². The largest absolute Gasteiger partial charge is 0.351 e. The minimum Gasteiger partial charge on any atom is -0.351 e. The summed E-state index contributed by atoms with van der Waals surface area (Å²) in [4.78, 5) is 16.4.